The maximum absolute atomic E-state index is 12.0. The third-order valence-corrected chi connectivity index (χ3v) is 4.32. The molecule has 1 aromatic carbocycles. The first kappa shape index (κ1) is 13.0. The number of nitrogens with zero attached hydrogens (tertiary/aromatic N) is 1. The lowest BCUT2D eigenvalue weighted by Crippen LogP contribution is -2.34. The van der Waals surface area contributed by atoms with Crippen LogP contribution in [0.5, 0.6) is 0 Å². The van der Waals surface area contributed by atoms with Crippen molar-refractivity contribution < 1.29 is 4.79 Å². The van der Waals surface area contributed by atoms with E-state index in [1.807, 2.05) is 23.9 Å². The maximum atomic E-state index is 12.0. The van der Waals surface area contributed by atoms with Crippen molar-refractivity contribution in [3.05, 3.63) is 54.4 Å². The van der Waals surface area contributed by atoms with Gasteiger partial charge >= 0.3 is 6.03 Å². The first-order chi connectivity index (χ1) is 9.83. The normalized spacial score (nSPS) is 17.1. The number of urea groups is 1. The van der Waals surface area contributed by atoms with Gasteiger partial charge in [-0.25, -0.2) is 4.79 Å². The van der Waals surface area contributed by atoms with Crippen LogP contribution >= 0.6 is 11.8 Å². The molecule has 1 aliphatic heterocycles. The van der Waals surface area contributed by atoms with E-state index in [0.29, 0.717) is 0 Å². The Morgan fingerprint density at radius 3 is 2.85 bits per heavy atom. The molecule has 0 spiro atoms. The first-order valence-corrected chi connectivity index (χ1v) is 7.51. The molecule has 2 aromatic rings. The molecule has 2 N–H and O–H groups in total. The van der Waals surface area contributed by atoms with Crippen LogP contribution in [-0.4, -0.2) is 16.8 Å². The molecule has 2 amide bonds. The second-order valence-electron chi connectivity index (χ2n) is 4.56. The summed E-state index contributed by atoms with van der Waals surface area (Å²) in [6, 6.07) is 11.7. The van der Waals surface area contributed by atoms with Crippen molar-refractivity contribution in [2.45, 2.75) is 17.4 Å². The third kappa shape index (κ3) is 2.93. The highest BCUT2D eigenvalue weighted by molar-refractivity contribution is 7.99. The Bertz CT molecular complexity index is 603. The molecule has 0 radical (unpaired) electrons. The van der Waals surface area contributed by atoms with Gasteiger partial charge in [0, 0.05) is 28.7 Å². The van der Waals surface area contributed by atoms with E-state index in [1.165, 1.54) is 10.5 Å². The average Bonchev–Trinajstić information content (AvgIpc) is 2.48. The van der Waals surface area contributed by atoms with Gasteiger partial charge in [0.25, 0.3) is 0 Å². The highest BCUT2D eigenvalue weighted by Crippen LogP contribution is 2.35. The van der Waals surface area contributed by atoms with Gasteiger partial charge in [0.05, 0.1) is 6.04 Å². The van der Waals surface area contributed by atoms with Gasteiger partial charge in [-0.2, -0.15) is 0 Å². The van der Waals surface area contributed by atoms with Crippen molar-refractivity contribution in [1.29, 1.82) is 0 Å². The molecule has 5 heteroatoms. The molecule has 3 rings (SSSR count). The Morgan fingerprint density at radius 1 is 1.20 bits per heavy atom. The summed E-state index contributed by atoms with van der Waals surface area (Å²) in [5, 5.41) is 5.86. The van der Waals surface area contributed by atoms with Crippen LogP contribution in [0.1, 0.15) is 18.0 Å². The summed E-state index contributed by atoms with van der Waals surface area (Å²) < 4.78 is 0. The number of carbonyl (C=O) groups excluding carboxylic acids is 1. The van der Waals surface area contributed by atoms with Crippen molar-refractivity contribution in [1.82, 2.24) is 10.3 Å². The van der Waals surface area contributed by atoms with Gasteiger partial charge in [0.2, 0.25) is 0 Å². The SMILES string of the molecule is O=C(Nc1ccncc1)N[C@H]1CCSc2ccccc21. The fourth-order valence-electron chi connectivity index (χ4n) is 2.25. The quantitative estimate of drug-likeness (QED) is 0.888. The van der Waals surface area contributed by atoms with Gasteiger partial charge in [-0.05, 0) is 30.2 Å². The second-order valence-corrected chi connectivity index (χ2v) is 5.70. The second kappa shape index (κ2) is 5.96. The van der Waals surface area contributed by atoms with E-state index in [4.69, 9.17) is 0 Å². The zero-order valence-corrected chi connectivity index (χ0v) is 11.7. The Kier molecular flexibility index (Phi) is 3.87. The van der Waals surface area contributed by atoms with Crippen LogP contribution in [0.4, 0.5) is 10.5 Å². The Labute approximate surface area is 122 Å². The number of rotatable bonds is 2. The fourth-order valence-corrected chi connectivity index (χ4v) is 3.38. The fraction of sp³-hybridized carbons (Fsp3) is 0.200. The standard InChI is InChI=1S/C15H15N3OS/c19-15(17-11-5-8-16-9-6-11)18-13-7-10-20-14-4-2-1-3-12(13)14/h1-6,8-9,13H,7,10H2,(H2,16,17,18,19)/t13-/m0/s1. The number of hydrogen-bond donors (Lipinski definition) is 2. The molecular weight excluding hydrogens is 270 g/mol. The highest BCUT2D eigenvalue weighted by atomic mass is 32.2. The molecule has 0 unspecified atom stereocenters. The number of nitrogens with one attached hydrogen (secondary N) is 2. The minimum Gasteiger partial charge on any atom is -0.331 e. The minimum absolute atomic E-state index is 0.0780. The molecule has 102 valence electrons. The van der Waals surface area contributed by atoms with E-state index in [2.05, 4.69) is 27.8 Å². The third-order valence-electron chi connectivity index (χ3n) is 3.20. The largest absolute Gasteiger partial charge is 0.331 e. The molecule has 0 fully saturated rings. The van der Waals surface area contributed by atoms with E-state index >= 15 is 0 Å². The number of hydrogen-bond acceptors (Lipinski definition) is 3. The van der Waals surface area contributed by atoms with E-state index in [1.54, 1.807) is 24.5 Å². The number of amides is 2. The van der Waals surface area contributed by atoms with Crippen LogP contribution in [0.2, 0.25) is 0 Å². The molecule has 1 aliphatic rings. The van der Waals surface area contributed by atoms with E-state index in [0.717, 1.165) is 17.9 Å². The summed E-state index contributed by atoms with van der Waals surface area (Å²) in [4.78, 5) is 17.2. The molecule has 20 heavy (non-hydrogen) atoms. The van der Waals surface area contributed by atoms with Crippen LogP contribution in [0.3, 0.4) is 0 Å². The van der Waals surface area contributed by atoms with Gasteiger partial charge in [0.15, 0.2) is 0 Å². The summed E-state index contributed by atoms with van der Waals surface area (Å²) in [6.45, 7) is 0. The van der Waals surface area contributed by atoms with Gasteiger partial charge < -0.3 is 10.6 Å². The minimum atomic E-state index is -0.178. The smallest absolute Gasteiger partial charge is 0.319 e. The molecule has 4 nitrogen and oxygen atoms in total. The number of carbonyl (C=O) groups is 1. The summed E-state index contributed by atoms with van der Waals surface area (Å²) in [5.74, 6) is 1.03. The van der Waals surface area contributed by atoms with E-state index in [-0.39, 0.29) is 12.1 Å². The molecule has 1 aromatic heterocycles. The summed E-state index contributed by atoms with van der Waals surface area (Å²) in [6.07, 6.45) is 4.26. The summed E-state index contributed by atoms with van der Waals surface area (Å²) >= 11 is 1.84. The molecule has 0 bridgehead atoms. The zero-order valence-electron chi connectivity index (χ0n) is 10.9. The van der Waals surface area contributed by atoms with Gasteiger partial charge in [0.1, 0.15) is 0 Å². The van der Waals surface area contributed by atoms with Crippen LogP contribution < -0.4 is 10.6 Å². The Morgan fingerprint density at radius 2 is 2.00 bits per heavy atom. The van der Waals surface area contributed by atoms with Crippen molar-refractivity contribution in [3.8, 4) is 0 Å². The molecule has 0 aliphatic carbocycles. The Balaban J connectivity index is 1.68. The molecule has 0 saturated heterocycles. The topological polar surface area (TPSA) is 54.0 Å². The van der Waals surface area contributed by atoms with Gasteiger partial charge in [-0.1, -0.05) is 18.2 Å². The Hall–Kier alpha value is -2.01. The number of fused-ring (bicyclic) bond motifs is 1. The average molecular weight is 285 g/mol. The van der Waals surface area contributed by atoms with Crippen LogP contribution in [0.25, 0.3) is 0 Å². The number of aromatic nitrogens is 1. The van der Waals surface area contributed by atoms with Crippen molar-refractivity contribution in [2.24, 2.45) is 0 Å². The van der Waals surface area contributed by atoms with Gasteiger partial charge in [-0.3, -0.25) is 4.98 Å². The van der Waals surface area contributed by atoms with Crippen molar-refractivity contribution >= 4 is 23.5 Å². The monoisotopic (exact) mass is 285 g/mol. The maximum Gasteiger partial charge on any atom is 0.319 e. The lowest BCUT2D eigenvalue weighted by Gasteiger charge is -2.25. The summed E-state index contributed by atoms with van der Waals surface area (Å²) in [7, 11) is 0. The lowest BCUT2D eigenvalue weighted by molar-refractivity contribution is 0.248. The van der Waals surface area contributed by atoms with Crippen molar-refractivity contribution in [2.75, 3.05) is 11.1 Å². The van der Waals surface area contributed by atoms with Crippen LogP contribution in [0.15, 0.2) is 53.7 Å². The highest BCUT2D eigenvalue weighted by Gasteiger charge is 2.21. The number of anilines is 1. The number of pyridine rings is 1. The lowest BCUT2D eigenvalue weighted by atomic mass is 10.0. The molecule has 0 saturated carbocycles. The predicted molar refractivity (Wildman–Crippen MR) is 80.9 cm³/mol. The number of benzene rings is 1. The van der Waals surface area contributed by atoms with Crippen molar-refractivity contribution in [3.63, 3.8) is 0 Å². The molecular formula is C15H15N3OS. The van der Waals surface area contributed by atoms with E-state index < -0.39 is 0 Å². The van der Waals surface area contributed by atoms with Crippen LogP contribution in [-0.2, 0) is 0 Å². The summed E-state index contributed by atoms with van der Waals surface area (Å²) in [5.41, 5.74) is 1.95. The predicted octanol–water partition coefficient (Wildman–Crippen LogP) is 3.44. The van der Waals surface area contributed by atoms with Crippen LogP contribution in [0, 0.1) is 0 Å². The molecule has 1 atom stereocenters. The number of thioether (sulfide) groups is 1. The van der Waals surface area contributed by atoms with Gasteiger partial charge in [-0.15, -0.1) is 11.8 Å². The zero-order chi connectivity index (χ0) is 13.8. The molecule has 2 heterocycles. The first-order valence-electron chi connectivity index (χ1n) is 6.52. The van der Waals surface area contributed by atoms with E-state index in [9.17, 15) is 4.79 Å².